The lowest BCUT2D eigenvalue weighted by Gasteiger charge is -2.26. The van der Waals surface area contributed by atoms with Crippen molar-refractivity contribution in [2.45, 2.75) is 70.6 Å². The van der Waals surface area contributed by atoms with Crippen LogP contribution in [0.3, 0.4) is 0 Å². The third-order valence-electron chi connectivity index (χ3n) is 7.32. The number of carbonyl (C=O) groups excluding carboxylic acids is 2. The lowest BCUT2D eigenvalue weighted by atomic mass is 9.94. The van der Waals surface area contributed by atoms with Gasteiger partial charge in [-0.05, 0) is 62.4 Å². The van der Waals surface area contributed by atoms with Crippen LogP contribution in [-0.2, 0) is 6.54 Å². The van der Waals surface area contributed by atoms with Crippen molar-refractivity contribution < 1.29 is 14.7 Å². The molecule has 0 unspecified atom stereocenters. The molecular weight excluding hydrogens is 478 g/mol. The first-order valence-corrected chi connectivity index (χ1v) is 13.5. The van der Waals surface area contributed by atoms with E-state index in [0.717, 1.165) is 53.5 Å². The Labute approximate surface area is 223 Å². The predicted octanol–water partition coefficient (Wildman–Crippen LogP) is 4.84. The molecule has 1 aliphatic carbocycles. The van der Waals surface area contributed by atoms with E-state index in [2.05, 4.69) is 15.6 Å². The number of rotatable bonds is 7. The Morgan fingerprint density at radius 3 is 2.55 bits per heavy atom. The van der Waals surface area contributed by atoms with Crippen molar-refractivity contribution in [1.29, 1.82) is 0 Å². The summed E-state index contributed by atoms with van der Waals surface area (Å²) in [4.78, 5) is 37.4. The zero-order chi connectivity index (χ0) is 26.6. The van der Waals surface area contributed by atoms with Crippen LogP contribution in [0.25, 0.3) is 22.4 Å². The summed E-state index contributed by atoms with van der Waals surface area (Å²) < 4.78 is 0. The number of nitrogens with one attached hydrogen (secondary N) is 2. The number of aliphatic hydroxyl groups is 1. The summed E-state index contributed by atoms with van der Waals surface area (Å²) in [7, 11) is 0. The number of pyridine rings is 2. The third-order valence-corrected chi connectivity index (χ3v) is 7.32. The highest BCUT2D eigenvalue weighted by Gasteiger charge is 2.37. The summed E-state index contributed by atoms with van der Waals surface area (Å²) in [6.45, 7) is 4.11. The molecule has 0 bridgehead atoms. The Balaban J connectivity index is 1.60. The molecule has 3 aromatic rings. The minimum absolute atomic E-state index is 0.0255. The lowest BCUT2D eigenvalue weighted by Crippen LogP contribution is -2.42. The standard InChI is InChI=1S/C30H35N5O3/c1-19(2)32-30(38)35-18-23-16-25(29(37)33-24-10-3-4-11-24)34-28(27(23)26(35)12-14-36)21-8-5-7-20(15-21)22-9-6-13-31-17-22/h5-9,13,15-17,19,24,26,36H,3-4,10-12,14,18H2,1-2H3,(H,32,38)(H,33,37)/t26-/m0/s1. The maximum absolute atomic E-state index is 13.3. The summed E-state index contributed by atoms with van der Waals surface area (Å²) in [6, 6.07) is 13.3. The van der Waals surface area contributed by atoms with Gasteiger partial charge in [-0.15, -0.1) is 0 Å². The van der Waals surface area contributed by atoms with Crippen LogP contribution in [0.1, 0.15) is 73.6 Å². The van der Waals surface area contributed by atoms with Gasteiger partial charge in [-0.2, -0.15) is 0 Å². The van der Waals surface area contributed by atoms with E-state index in [0.29, 0.717) is 24.4 Å². The molecule has 0 saturated heterocycles. The molecule has 3 N–H and O–H groups in total. The SMILES string of the molecule is CC(C)NC(=O)N1Cc2cc(C(=O)NC3CCCC3)nc(-c3cccc(-c4cccnc4)c3)c2[C@@H]1CCO. The molecule has 0 spiro atoms. The van der Waals surface area contributed by atoms with Crippen molar-refractivity contribution in [3.8, 4) is 22.4 Å². The molecule has 198 valence electrons. The van der Waals surface area contributed by atoms with Crippen LogP contribution < -0.4 is 10.6 Å². The largest absolute Gasteiger partial charge is 0.396 e. The number of aromatic nitrogens is 2. The highest BCUT2D eigenvalue weighted by molar-refractivity contribution is 5.94. The summed E-state index contributed by atoms with van der Waals surface area (Å²) in [5, 5.41) is 16.1. The molecule has 2 aromatic heterocycles. The molecule has 1 fully saturated rings. The Morgan fingerprint density at radius 2 is 1.84 bits per heavy atom. The predicted molar refractivity (Wildman–Crippen MR) is 146 cm³/mol. The third kappa shape index (κ3) is 5.41. The quantitative estimate of drug-likeness (QED) is 0.419. The van der Waals surface area contributed by atoms with Gasteiger partial charge in [0.15, 0.2) is 0 Å². The van der Waals surface area contributed by atoms with Gasteiger partial charge in [0.25, 0.3) is 5.91 Å². The van der Waals surface area contributed by atoms with Crippen LogP contribution in [0.5, 0.6) is 0 Å². The van der Waals surface area contributed by atoms with Gasteiger partial charge in [-0.1, -0.05) is 37.1 Å². The average molecular weight is 514 g/mol. The number of benzene rings is 1. The van der Waals surface area contributed by atoms with E-state index < -0.39 is 0 Å². The number of carbonyl (C=O) groups is 2. The first-order valence-electron chi connectivity index (χ1n) is 13.5. The first kappa shape index (κ1) is 25.9. The Morgan fingerprint density at radius 1 is 1.08 bits per heavy atom. The normalized spacial score (nSPS) is 17.1. The molecule has 38 heavy (non-hydrogen) atoms. The smallest absolute Gasteiger partial charge is 0.318 e. The number of amides is 3. The minimum Gasteiger partial charge on any atom is -0.396 e. The van der Waals surface area contributed by atoms with Gasteiger partial charge in [-0.25, -0.2) is 9.78 Å². The molecule has 1 aromatic carbocycles. The number of aliphatic hydroxyl groups excluding tert-OH is 1. The Bertz CT molecular complexity index is 1300. The molecular formula is C30H35N5O3. The Hall–Kier alpha value is -3.78. The van der Waals surface area contributed by atoms with Crippen molar-refractivity contribution in [2.75, 3.05) is 6.61 Å². The summed E-state index contributed by atoms with van der Waals surface area (Å²) in [5.41, 5.74) is 5.61. The summed E-state index contributed by atoms with van der Waals surface area (Å²) in [6.07, 6.45) is 8.15. The molecule has 3 heterocycles. The van der Waals surface area contributed by atoms with Gasteiger partial charge in [0.05, 0.1) is 11.7 Å². The summed E-state index contributed by atoms with van der Waals surface area (Å²) >= 11 is 0. The second-order valence-corrected chi connectivity index (χ2v) is 10.5. The van der Waals surface area contributed by atoms with Crippen molar-refractivity contribution in [2.24, 2.45) is 0 Å². The van der Waals surface area contributed by atoms with E-state index in [4.69, 9.17) is 4.98 Å². The van der Waals surface area contributed by atoms with E-state index >= 15 is 0 Å². The van der Waals surface area contributed by atoms with E-state index in [1.807, 2.05) is 62.5 Å². The van der Waals surface area contributed by atoms with Gasteiger partial charge in [0, 0.05) is 54.3 Å². The van der Waals surface area contributed by atoms with Crippen molar-refractivity contribution in [1.82, 2.24) is 25.5 Å². The monoisotopic (exact) mass is 513 g/mol. The molecule has 2 aliphatic rings. The fraction of sp³-hybridized carbons (Fsp3) is 0.400. The van der Waals surface area contributed by atoms with Crippen LogP contribution >= 0.6 is 0 Å². The fourth-order valence-corrected chi connectivity index (χ4v) is 5.57. The topological polar surface area (TPSA) is 107 Å². The molecule has 1 atom stereocenters. The van der Waals surface area contributed by atoms with Crippen LogP contribution in [0.4, 0.5) is 4.79 Å². The van der Waals surface area contributed by atoms with E-state index in [9.17, 15) is 14.7 Å². The Kier molecular flexibility index (Phi) is 7.69. The zero-order valence-electron chi connectivity index (χ0n) is 22.0. The number of hydrogen-bond donors (Lipinski definition) is 3. The van der Waals surface area contributed by atoms with E-state index in [-0.39, 0.29) is 36.7 Å². The van der Waals surface area contributed by atoms with Crippen LogP contribution in [0.2, 0.25) is 0 Å². The van der Waals surface area contributed by atoms with Crippen LogP contribution in [-0.4, -0.2) is 50.6 Å². The molecule has 1 aliphatic heterocycles. The molecule has 5 rings (SSSR count). The number of fused-ring (bicyclic) bond motifs is 1. The number of urea groups is 1. The van der Waals surface area contributed by atoms with Gasteiger partial charge >= 0.3 is 6.03 Å². The first-order chi connectivity index (χ1) is 18.4. The molecule has 0 radical (unpaired) electrons. The van der Waals surface area contributed by atoms with Gasteiger partial charge in [0.1, 0.15) is 5.69 Å². The lowest BCUT2D eigenvalue weighted by molar-refractivity contribution is 0.0932. The van der Waals surface area contributed by atoms with Gasteiger partial charge in [0.2, 0.25) is 0 Å². The highest BCUT2D eigenvalue weighted by atomic mass is 16.3. The maximum atomic E-state index is 13.3. The molecule has 1 saturated carbocycles. The molecule has 3 amide bonds. The number of hydrogen-bond acceptors (Lipinski definition) is 5. The van der Waals surface area contributed by atoms with Crippen LogP contribution in [0.15, 0.2) is 54.9 Å². The highest BCUT2D eigenvalue weighted by Crippen LogP contribution is 2.42. The minimum atomic E-state index is -0.356. The zero-order valence-corrected chi connectivity index (χ0v) is 22.0. The average Bonchev–Trinajstić information content (AvgIpc) is 3.56. The summed E-state index contributed by atoms with van der Waals surface area (Å²) in [5.74, 6) is -0.187. The fourth-order valence-electron chi connectivity index (χ4n) is 5.57. The van der Waals surface area contributed by atoms with E-state index in [1.165, 1.54) is 0 Å². The molecule has 8 heteroatoms. The van der Waals surface area contributed by atoms with Gasteiger partial charge < -0.3 is 20.6 Å². The second-order valence-electron chi connectivity index (χ2n) is 10.5. The van der Waals surface area contributed by atoms with Crippen molar-refractivity contribution in [3.05, 3.63) is 71.7 Å². The second kappa shape index (κ2) is 11.3. The van der Waals surface area contributed by atoms with Crippen molar-refractivity contribution in [3.63, 3.8) is 0 Å². The van der Waals surface area contributed by atoms with Gasteiger partial charge in [-0.3, -0.25) is 9.78 Å². The maximum Gasteiger partial charge on any atom is 0.318 e. The molecule has 8 nitrogen and oxygen atoms in total. The number of nitrogens with zero attached hydrogens (tertiary/aromatic N) is 3. The van der Waals surface area contributed by atoms with E-state index in [1.54, 1.807) is 11.1 Å². The van der Waals surface area contributed by atoms with Crippen LogP contribution in [0, 0.1) is 0 Å². The van der Waals surface area contributed by atoms with Crippen molar-refractivity contribution >= 4 is 11.9 Å².